The quantitative estimate of drug-likeness (QED) is 0.315. The molecule has 10 atom stereocenters. The number of hydrogen-bond donors (Lipinski definition) is 2. The van der Waals surface area contributed by atoms with Crippen LogP contribution in [0.5, 0.6) is 5.75 Å². The third kappa shape index (κ3) is 3.74. The molecule has 5 aliphatic rings. The van der Waals surface area contributed by atoms with Crippen LogP contribution in [0.4, 0.5) is 11.4 Å². The predicted molar refractivity (Wildman–Crippen MR) is 150 cm³/mol. The smallest absolute Gasteiger partial charge is 0.142 e. The number of rotatable bonds is 6. The molecular formula is C33H48N2O. The van der Waals surface area contributed by atoms with Crippen molar-refractivity contribution in [1.29, 1.82) is 0 Å². The Morgan fingerprint density at radius 1 is 1.14 bits per heavy atom. The SMILES string of the molecule is CC(C)=CCCC(C)C1CCC2C3C=CC4CC(Oc5ccc(N)cc5N)CCC45CC(CC12C)C35. The molecule has 4 saturated carbocycles. The zero-order valence-corrected chi connectivity index (χ0v) is 23.0. The maximum absolute atomic E-state index is 6.44. The Labute approximate surface area is 219 Å². The van der Waals surface area contributed by atoms with Crippen molar-refractivity contribution in [2.45, 2.75) is 91.6 Å². The van der Waals surface area contributed by atoms with Gasteiger partial charge >= 0.3 is 0 Å². The number of anilines is 2. The van der Waals surface area contributed by atoms with E-state index >= 15 is 0 Å². The predicted octanol–water partition coefficient (Wildman–Crippen LogP) is 8.03. The summed E-state index contributed by atoms with van der Waals surface area (Å²) in [7, 11) is 0. The number of benzene rings is 1. The lowest BCUT2D eigenvalue weighted by molar-refractivity contribution is -0.202. The minimum Gasteiger partial charge on any atom is -0.488 e. The molecule has 1 spiro atoms. The maximum Gasteiger partial charge on any atom is 0.142 e. The number of ether oxygens (including phenoxy) is 1. The molecule has 0 radical (unpaired) electrons. The number of hydrogen-bond acceptors (Lipinski definition) is 3. The summed E-state index contributed by atoms with van der Waals surface area (Å²) in [6.07, 6.45) is 20.2. The Balaban J connectivity index is 1.17. The first-order valence-electron chi connectivity index (χ1n) is 14.8. The zero-order valence-electron chi connectivity index (χ0n) is 23.0. The molecule has 5 aliphatic carbocycles. The van der Waals surface area contributed by atoms with Crippen LogP contribution in [0.1, 0.15) is 85.5 Å². The summed E-state index contributed by atoms with van der Waals surface area (Å²) in [4.78, 5) is 0. The molecule has 0 bridgehead atoms. The highest BCUT2D eigenvalue weighted by molar-refractivity contribution is 5.60. The Kier molecular flexibility index (Phi) is 6.00. The van der Waals surface area contributed by atoms with Crippen molar-refractivity contribution >= 4 is 11.4 Å². The van der Waals surface area contributed by atoms with Crippen LogP contribution in [-0.2, 0) is 0 Å². The maximum atomic E-state index is 6.44. The Morgan fingerprint density at radius 3 is 2.75 bits per heavy atom. The van der Waals surface area contributed by atoms with Gasteiger partial charge in [0.1, 0.15) is 5.75 Å². The van der Waals surface area contributed by atoms with E-state index in [-0.39, 0.29) is 6.10 Å². The fourth-order valence-electron chi connectivity index (χ4n) is 10.4. The minimum absolute atomic E-state index is 0.262. The molecule has 10 unspecified atom stereocenters. The fourth-order valence-corrected chi connectivity index (χ4v) is 10.4. The van der Waals surface area contributed by atoms with Crippen LogP contribution in [0.25, 0.3) is 0 Å². The van der Waals surface area contributed by atoms with E-state index in [1.54, 1.807) is 0 Å². The van der Waals surface area contributed by atoms with Gasteiger partial charge in [-0.15, -0.1) is 0 Å². The molecule has 4 fully saturated rings. The summed E-state index contributed by atoms with van der Waals surface area (Å²) >= 11 is 0. The summed E-state index contributed by atoms with van der Waals surface area (Å²) in [6.45, 7) is 9.74. The van der Waals surface area contributed by atoms with E-state index < -0.39 is 0 Å². The highest BCUT2D eigenvalue weighted by Crippen LogP contribution is 2.75. The van der Waals surface area contributed by atoms with Gasteiger partial charge in [0.15, 0.2) is 0 Å². The van der Waals surface area contributed by atoms with Gasteiger partial charge in [0, 0.05) is 5.69 Å². The van der Waals surface area contributed by atoms with E-state index in [1.165, 1.54) is 50.5 Å². The Bertz CT molecular complexity index is 1060. The lowest BCUT2D eigenvalue weighted by atomic mass is 9.34. The number of nitrogens with two attached hydrogens (primary N) is 2. The second-order valence-corrected chi connectivity index (χ2v) is 13.9. The molecule has 0 aromatic heterocycles. The number of fused-ring (bicyclic) bond motifs is 2. The Hall–Kier alpha value is -1.90. The molecule has 3 nitrogen and oxygen atoms in total. The highest BCUT2D eigenvalue weighted by Gasteiger charge is 2.69. The third-order valence-electron chi connectivity index (χ3n) is 11.8. The van der Waals surface area contributed by atoms with Gasteiger partial charge in [0.2, 0.25) is 0 Å². The molecule has 0 amide bonds. The Morgan fingerprint density at radius 2 is 1.97 bits per heavy atom. The topological polar surface area (TPSA) is 61.3 Å². The van der Waals surface area contributed by atoms with Gasteiger partial charge in [-0.1, -0.05) is 37.6 Å². The van der Waals surface area contributed by atoms with Crippen molar-refractivity contribution in [3.8, 4) is 5.75 Å². The van der Waals surface area contributed by atoms with Crippen molar-refractivity contribution < 1.29 is 4.74 Å². The zero-order chi connectivity index (χ0) is 25.2. The van der Waals surface area contributed by atoms with Crippen LogP contribution in [0.2, 0.25) is 0 Å². The summed E-state index contributed by atoms with van der Waals surface area (Å²) in [6, 6.07) is 5.66. The van der Waals surface area contributed by atoms with Crippen LogP contribution in [0, 0.1) is 52.3 Å². The van der Waals surface area contributed by atoms with Crippen LogP contribution < -0.4 is 16.2 Å². The van der Waals surface area contributed by atoms with Gasteiger partial charge in [0.25, 0.3) is 0 Å². The first-order valence-corrected chi connectivity index (χ1v) is 14.8. The van der Waals surface area contributed by atoms with Crippen molar-refractivity contribution in [2.75, 3.05) is 11.5 Å². The second kappa shape index (κ2) is 8.84. The molecule has 6 rings (SSSR count). The average molecular weight is 489 g/mol. The van der Waals surface area contributed by atoms with E-state index in [0.717, 1.165) is 54.1 Å². The summed E-state index contributed by atoms with van der Waals surface area (Å²) in [5.74, 6) is 6.81. The minimum atomic E-state index is 0.262. The van der Waals surface area contributed by atoms with Crippen LogP contribution in [-0.4, -0.2) is 6.10 Å². The monoisotopic (exact) mass is 488 g/mol. The van der Waals surface area contributed by atoms with E-state index in [1.807, 2.05) is 18.2 Å². The standard InChI is InChI=1S/C33H48N2O/c1-20(2)6-5-7-21(3)27-11-12-28-26-10-8-23-16-25(36-30-13-9-24(34)17-29(30)35)14-15-33(23)19-22(31(26)33)18-32(27,28)4/h6,8-10,13,17,21-23,25-28,31H,5,7,11-12,14-16,18-19,34-35H2,1-4H3. The molecule has 4 N–H and O–H groups in total. The van der Waals surface area contributed by atoms with Gasteiger partial charge in [0.05, 0.1) is 11.8 Å². The van der Waals surface area contributed by atoms with E-state index in [4.69, 9.17) is 16.2 Å². The van der Waals surface area contributed by atoms with E-state index in [2.05, 4.69) is 45.9 Å². The van der Waals surface area contributed by atoms with E-state index in [0.29, 0.717) is 28.1 Å². The van der Waals surface area contributed by atoms with Gasteiger partial charge in [-0.25, -0.2) is 0 Å². The fraction of sp³-hybridized carbons (Fsp3) is 0.697. The molecule has 0 saturated heterocycles. The summed E-state index contributed by atoms with van der Waals surface area (Å²) in [5.41, 5.74) is 16.0. The summed E-state index contributed by atoms with van der Waals surface area (Å²) < 4.78 is 6.44. The van der Waals surface area contributed by atoms with Crippen LogP contribution >= 0.6 is 0 Å². The van der Waals surface area contributed by atoms with Crippen molar-refractivity contribution in [3.05, 3.63) is 42.0 Å². The van der Waals surface area contributed by atoms with Crippen LogP contribution in [0.3, 0.4) is 0 Å². The van der Waals surface area contributed by atoms with Crippen molar-refractivity contribution in [3.63, 3.8) is 0 Å². The van der Waals surface area contributed by atoms with Gasteiger partial charge in [-0.3, -0.25) is 0 Å². The van der Waals surface area contributed by atoms with Crippen molar-refractivity contribution in [2.24, 2.45) is 52.3 Å². The molecule has 1 aromatic rings. The molecule has 196 valence electrons. The highest BCUT2D eigenvalue weighted by atomic mass is 16.5. The molecular weight excluding hydrogens is 440 g/mol. The van der Waals surface area contributed by atoms with Gasteiger partial charge < -0.3 is 16.2 Å². The van der Waals surface area contributed by atoms with E-state index in [9.17, 15) is 0 Å². The normalized spacial score (nSPS) is 42.9. The second-order valence-electron chi connectivity index (χ2n) is 13.9. The number of nitrogen functional groups attached to an aromatic ring is 2. The van der Waals surface area contributed by atoms with Gasteiger partial charge in [-0.05, 0) is 142 Å². The average Bonchev–Trinajstić information content (AvgIpc) is 3.16. The third-order valence-corrected chi connectivity index (χ3v) is 11.8. The molecule has 0 heterocycles. The largest absolute Gasteiger partial charge is 0.488 e. The first-order chi connectivity index (χ1) is 17.2. The van der Waals surface area contributed by atoms with Gasteiger partial charge in [-0.2, -0.15) is 0 Å². The molecule has 1 aromatic carbocycles. The first kappa shape index (κ1) is 24.4. The lowest BCUT2D eigenvalue weighted by Crippen LogP contribution is -2.64. The summed E-state index contributed by atoms with van der Waals surface area (Å²) in [5, 5.41) is 0. The lowest BCUT2D eigenvalue weighted by Gasteiger charge is -2.70. The number of allylic oxidation sites excluding steroid dienone is 4. The molecule has 0 aliphatic heterocycles. The molecule has 3 heteroatoms. The van der Waals surface area contributed by atoms with Crippen molar-refractivity contribution in [1.82, 2.24) is 0 Å². The van der Waals surface area contributed by atoms with Crippen LogP contribution in [0.15, 0.2) is 42.0 Å². The molecule has 36 heavy (non-hydrogen) atoms.